The Kier molecular flexibility index (Phi) is 2.70. The molecule has 0 aliphatic rings. The molecule has 0 bridgehead atoms. The van der Waals surface area contributed by atoms with Crippen molar-refractivity contribution in [2.24, 2.45) is 11.5 Å². The Balaban J connectivity index is 3.10. The maximum absolute atomic E-state index is 11.0. The SMILES string of the molecule is CNc1ncn(CC(N)=O)c1C(N)=O. The maximum Gasteiger partial charge on any atom is 0.269 e. The summed E-state index contributed by atoms with van der Waals surface area (Å²) in [5.74, 6) is -0.889. The van der Waals surface area contributed by atoms with Crippen LogP contribution in [0.5, 0.6) is 0 Å². The molecule has 7 nitrogen and oxygen atoms in total. The van der Waals surface area contributed by atoms with E-state index in [2.05, 4.69) is 10.3 Å². The highest BCUT2D eigenvalue weighted by Gasteiger charge is 2.15. The lowest BCUT2D eigenvalue weighted by Crippen LogP contribution is -2.24. The molecule has 0 saturated heterocycles. The van der Waals surface area contributed by atoms with Gasteiger partial charge in [0, 0.05) is 7.05 Å². The Hall–Kier alpha value is -2.05. The highest BCUT2D eigenvalue weighted by atomic mass is 16.2. The number of primary amides is 2. The van der Waals surface area contributed by atoms with Crippen LogP contribution in [0, 0.1) is 0 Å². The fourth-order valence-corrected chi connectivity index (χ4v) is 1.11. The molecule has 0 fully saturated rings. The van der Waals surface area contributed by atoms with Gasteiger partial charge in [-0.05, 0) is 0 Å². The first-order valence-corrected chi connectivity index (χ1v) is 3.87. The number of carbonyl (C=O) groups excluding carboxylic acids is 2. The number of aromatic nitrogens is 2. The molecule has 14 heavy (non-hydrogen) atoms. The molecule has 7 heteroatoms. The molecule has 0 unspecified atom stereocenters. The largest absolute Gasteiger partial charge is 0.371 e. The summed E-state index contributed by atoms with van der Waals surface area (Å²) in [6.07, 6.45) is 1.33. The van der Waals surface area contributed by atoms with Gasteiger partial charge in [-0.25, -0.2) is 4.98 Å². The van der Waals surface area contributed by atoms with Gasteiger partial charge in [0.2, 0.25) is 5.91 Å². The van der Waals surface area contributed by atoms with E-state index in [9.17, 15) is 9.59 Å². The van der Waals surface area contributed by atoms with Crippen molar-refractivity contribution in [2.45, 2.75) is 6.54 Å². The summed E-state index contributed by atoms with van der Waals surface area (Å²) in [5.41, 5.74) is 10.2. The van der Waals surface area contributed by atoms with Crippen LogP contribution in [0.1, 0.15) is 10.5 Å². The summed E-state index contributed by atoms with van der Waals surface area (Å²) < 4.78 is 1.30. The minimum Gasteiger partial charge on any atom is -0.371 e. The van der Waals surface area contributed by atoms with Gasteiger partial charge >= 0.3 is 0 Å². The molecule has 0 aliphatic heterocycles. The van der Waals surface area contributed by atoms with Crippen LogP contribution in [-0.4, -0.2) is 28.4 Å². The molecule has 0 spiro atoms. The number of nitrogens with one attached hydrogen (secondary N) is 1. The standard InChI is InChI=1S/C7H11N5O2/c1-10-7-5(6(9)14)12(3-11-7)2-4(8)13/h3,10H,2H2,1H3,(H2,8,13)(H2,9,14). The minimum atomic E-state index is -0.659. The van der Waals surface area contributed by atoms with Gasteiger partial charge in [-0.2, -0.15) is 0 Å². The molecule has 2 amide bonds. The van der Waals surface area contributed by atoms with E-state index in [1.807, 2.05) is 0 Å². The van der Waals surface area contributed by atoms with Crippen LogP contribution in [0.15, 0.2) is 6.33 Å². The Morgan fingerprint density at radius 3 is 2.64 bits per heavy atom. The lowest BCUT2D eigenvalue weighted by atomic mass is 10.4. The average molecular weight is 197 g/mol. The number of hydrogen-bond donors (Lipinski definition) is 3. The first kappa shape index (κ1) is 10.0. The van der Waals surface area contributed by atoms with Crippen molar-refractivity contribution >= 4 is 17.6 Å². The smallest absolute Gasteiger partial charge is 0.269 e. The molecular formula is C7H11N5O2. The number of rotatable bonds is 4. The van der Waals surface area contributed by atoms with Crippen LogP contribution in [0.4, 0.5) is 5.82 Å². The first-order chi connectivity index (χ1) is 6.56. The van der Waals surface area contributed by atoms with Crippen LogP contribution in [-0.2, 0) is 11.3 Å². The summed E-state index contributed by atoms with van der Waals surface area (Å²) in [5, 5.41) is 2.69. The van der Waals surface area contributed by atoms with Crippen LogP contribution in [0.2, 0.25) is 0 Å². The number of nitrogens with two attached hydrogens (primary N) is 2. The van der Waals surface area contributed by atoms with E-state index >= 15 is 0 Å². The van der Waals surface area contributed by atoms with E-state index in [1.54, 1.807) is 7.05 Å². The summed E-state index contributed by atoms with van der Waals surface area (Å²) in [4.78, 5) is 25.5. The molecule has 0 aliphatic carbocycles. The van der Waals surface area contributed by atoms with Gasteiger partial charge < -0.3 is 21.4 Å². The second kappa shape index (κ2) is 3.77. The first-order valence-electron chi connectivity index (χ1n) is 3.87. The summed E-state index contributed by atoms with van der Waals surface area (Å²) in [6.45, 7) is -0.118. The van der Waals surface area contributed by atoms with Crippen LogP contribution in [0.25, 0.3) is 0 Å². The lowest BCUT2D eigenvalue weighted by Gasteiger charge is -2.03. The van der Waals surface area contributed by atoms with Crippen molar-refractivity contribution in [1.29, 1.82) is 0 Å². The molecule has 0 aromatic carbocycles. The van der Waals surface area contributed by atoms with Crippen molar-refractivity contribution in [3.05, 3.63) is 12.0 Å². The third kappa shape index (κ3) is 1.82. The predicted octanol–water partition coefficient (Wildman–Crippen LogP) is -1.49. The zero-order valence-electron chi connectivity index (χ0n) is 7.65. The average Bonchev–Trinajstić information content (AvgIpc) is 2.46. The third-order valence-corrected chi connectivity index (χ3v) is 1.63. The summed E-state index contributed by atoms with van der Waals surface area (Å²) >= 11 is 0. The zero-order valence-corrected chi connectivity index (χ0v) is 7.65. The highest BCUT2D eigenvalue weighted by molar-refractivity contribution is 5.96. The highest BCUT2D eigenvalue weighted by Crippen LogP contribution is 2.11. The van der Waals surface area contributed by atoms with Gasteiger partial charge in [-0.15, -0.1) is 0 Å². The van der Waals surface area contributed by atoms with Gasteiger partial charge in [0.1, 0.15) is 6.54 Å². The normalized spacial score (nSPS) is 9.79. The molecule has 1 aromatic rings. The molecule has 1 rings (SSSR count). The Bertz CT molecular complexity index is 370. The zero-order chi connectivity index (χ0) is 10.7. The summed E-state index contributed by atoms with van der Waals surface area (Å²) in [7, 11) is 1.60. The van der Waals surface area contributed by atoms with Crippen LogP contribution >= 0.6 is 0 Å². The molecule has 1 aromatic heterocycles. The summed E-state index contributed by atoms with van der Waals surface area (Å²) in [6, 6.07) is 0. The molecule has 5 N–H and O–H groups in total. The van der Waals surface area contributed by atoms with Gasteiger partial charge in [0.15, 0.2) is 11.5 Å². The molecule has 1 heterocycles. The molecule has 0 radical (unpaired) electrons. The van der Waals surface area contributed by atoms with Gasteiger partial charge in [0.05, 0.1) is 6.33 Å². The topological polar surface area (TPSA) is 116 Å². The van der Waals surface area contributed by atoms with E-state index in [0.717, 1.165) is 0 Å². The van der Waals surface area contributed by atoms with Crippen molar-refractivity contribution < 1.29 is 9.59 Å². The fourth-order valence-electron chi connectivity index (χ4n) is 1.11. The van der Waals surface area contributed by atoms with E-state index in [0.29, 0.717) is 5.82 Å². The number of carbonyl (C=O) groups is 2. The predicted molar refractivity (Wildman–Crippen MR) is 49.5 cm³/mol. The van der Waals surface area contributed by atoms with Gasteiger partial charge in [-0.3, -0.25) is 9.59 Å². The van der Waals surface area contributed by atoms with E-state index in [4.69, 9.17) is 11.5 Å². The third-order valence-electron chi connectivity index (χ3n) is 1.63. The van der Waals surface area contributed by atoms with Crippen molar-refractivity contribution in [3.8, 4) is 0 Å². The lowest BCUT2D eigenvalue weighted by molar-refractivity contribution is -0.118. The number of amides is 2. The number of nitrogens with zero attached hydrogens (tertiary/aromatic N) is 2. The van der Waals surface area contributed by atoms with Crippen molar-refractivity contribution in [1.82, 2.24) is 9.55 Å². The van der Waals surface area contributed by atoms with Crippen molar-refractivity contribution in [2.75, 3.05) is 12.4 Å². The minimum absolute atomic E-state index is 0.118. The monoisotopic (exact) mass is 197 g/mol. The van der Waals surface area contributed by atoms with Gasteiger partial charge in [0.25, 0.3) is 5.91 Å². The van der Waals surface area contributed by atoms with Gasteiger partial charge in [-0.1, -0.05) is 0 Å². The van der Waals surface area contributed by atoms with Crippen molar-refractivity contribution in [3.63, 3.8) is 0 Å². The van der Waals surface area contributed by atoms with E-state index in [-0.39, 0.29) is 12.2 Å². The number of hydrogen-bond acceptors (Lipinski definition) is 4. The molecule has 0 saturated carbocycles. The molecule has 0 atom stereocenters. The molecule has 76 valence electrons. The number of imidazole rings is 1. The maximum atomic E-state index is 11.0. The Morgan fingerprint density at radius 1 is 1.57 bits per heavy atom. The van der Waals surface area contributed by atoms with Crippen LogP contribution in [0.3, 0.4) is 0 Å². The quantitative estimate of drug-likeness (QED) is 0.545. The van der Waals surface area contributed by atoms with Crippen LogP contribution < -0.4 is 16.8 Å². The second-order valence-corrected chi connectivity index (χ2v) is 2.65. The second-order valence-electron chi connectivity index (χ2n) is 2.65. The van der Waals surface area contributed by atoms with E-state index in [1.165, 1.54) is 10.9 Å². The fraction of sp³-hybridized carbons (Fsp3) is 0.286. The Morgan fingerprint density at radius 2 is 2.21 bits per heavy atom. The Labute approximate surface area is 80.1 Å². The molecular weight excluding hydrogens is 186 g/mol. The van der Waals surface area contributed by atoms with E-state index < -0.39 is 11.8 Å². The number of anilines is 1.